The standard InChI is InChI=1S/C22H26N6O.C16H15N5/c1-15-3-5-17(6-4-15)7-8-19-24-20(23-18-9-11-29-12-10-18)14-21(25-19)26-22-13-16(2)27-28-22;1-12-11-16(21-20-12)19-15-9-10-17-14(18-15)8-7-13-5-3-2-4-6-13/h3-8,13-14,18H,9-12H2,1-2H3,(H3,23,24,25,26,27,28);2-11H,1H3,(H2,17,18,19,20,21)/b2*8-7+. The lowest BCUT2D eigenvalue weighted by atomic mass is 10.1. The van der Waals surface area contributed by atoms with Crippen molar-refractivity contribution in [1.29, 1.82) is 0 Å². The summed E-state index contributed by atoms with van der Waals surface area (Å²) < 4.78 is 5.45. The molecule has 5 N–H and O–H groups in total. The van der Waals surface area contributed by atoms with Crippen molar-refractivity contribution in [2.24, 2.45) is 0 Å². The van der Waals surface area contributed by atoms with Crippen LogP contribution in [0.4, 0.5) is 29.1 Å². The minimum atomic E-state index is 0.355. The summed E-state index contributed by atoms with van der Waals surface area (Å²) in [5, 5.41) is 24.1. The molecule has 1 saturated heterocycles. The topological polar surface area (TPSA) is 154 Å². The van der Waals surface area contributed by atoms with Crippen molar-refractivity contribution < 1.29 is 4.74 Å². The van der Waals surface area contributed by atoms with Gasteiger partial charge in [-0.3, -0.25) is 10.2 Å². The highest BCUT2D eigenvalue weighted by Crippen LogP contribution is 2.21. The third-order valence-electron chi connectivity index (χ3n) is 7.64. The molecule has 0 amide bonds. The van der Waals surface area contributed by atoms with E-state index in [-0.39, 0.29) is 0 Å². The highest BCUT2D eigenvalue weighted by atomic mass is 16.5. The molecule has 1 aliphatic rings. The number of aromatic nitrogens is 8. The molecule has 0 radical (unpaired) electrons. The molecule has 5 heterocycles. The number of benzene rings is 2. The van der Waals surface area contributed by atoms with Crippen molar-refractivity contribution in [3.8, 4) is 0 Å². The lowest BCUT2D eigenvalue weighted by molar-refractivity contribution is 0.0904. The summed E-state index contributed by atoms with van der Waals surface area (Å²) in [6.45, 7) is 7.55. The van der Waals surface area contributed by atoms with E-state index in [4.69, 9.17) is 4.74 Å². The van der Waals surface area contributed by atoms with E-state index >= 15 is 0 Å². The van der Waals surface area contributed by atoms with Crippen LogP contribution in [0.15, 0.2) is 85.1 Å². The number of nitrogens with one attached hydrogen (secondary N) is 5. The Morgan fingerprint density at radius 1 is 0.620 bits per heavy atom. The number of hydrogen-bond donors (Lipinski definition) is 5. The minimum absolute atomic E-state index is 0.355. The smallest absolute Gasteiger partial charge is 0.156 e. The van der Waals surface area contributed by atoms with Crippen LogP contribution in [0.3, 0.4) is 0 Å². The number of aryl methyl sites for hydroxylation is 3. The van der Waals surface area contributed by atoms with Crippen molar-refractivity contribution in [1.82, 2.24) is 40.3 Å². The Labute approximate surface area is 291 Å². The van der Waals surface area contributed by atoms with Gasteiger partial charge in [0.1, 0.15) is 17.5 Å². The second-order valence-corrected chi connectivity index (χ2v) is 11.9. The third-order valence-corrected chi connectivity index (χ3v) is 7.64. The summed E-state index contributed by atoms with van der Waals surface area (Å²) in [6.07, 6.45) is 11.5. The van der Waals surface area contributed by atoms with Crippen LogP contribution in [-0.2, 0) is 4.74 Å². The molecule has 2 aromatic carbocycles. The molecule has 50 heavy (non-hydrogen) atoms. The van der Waals surface area contributed by atoms with Gasteiger partial charge in [-0.25, -0.2) is 19.9 Å². The maximum atomic E-state index is 5.45. The average molecular weight is 668 g/mol. The first kappa shape index (κ1) is 33.7. The molecule has 12 nitrogen and oxygen atoms in total. The molecule has 4 aromatic heterocycles. The van der Waals surface area contributed by atoms with Gasteiger partial charge in [0.25, 0.3) is 0 Å². The minimum Gasteiger partial charge on any atom is -0.381 e. The molecule has 1 aliphatic heterocycles. The number of ether oxygens (including phenoxy) is 1. The Bertz CT molecular complexity index is 2010. The maximum absolute atomic E-state index is 5.45. The molecule has 1 fully saturated rings. The molecule has 0 unspecified atom stereocenters. The summed E-state index contributed by atoms with van der Waals surface area (Å²) in [4.78, 5) is 18.0. The number of hydrogen-bond acceptors (Lipinski definition) is 10. The molecule has 0 atom stereocenters. The maximum Gasteiger partial charge on any atom is 0.156 e. The molecule has 6 aromatic rings. The Balaban J connectivity index is 0.000000182. The van der Waals surface area contributed by atoms with E-state index in [1.54, 1.807) is 6.20 Å². The summed E-state index contributed by atoms with van der Waals surface area (Å²) in [5.74, 6) is 4.96. The van der Waals surface area contributed by atoms with Crippen molar-refractivity contribution >= 4 is 53.4 Å². The van der Waals surface area contributed by atoms with Gasteiger partial charge in [0.05, 0.1) is 0 Å². The predicted octanol–water partition coefficient (Wildman–Crippen LogP) is 7.74. The fourth-order valence-electron chi connectivity index (χ4n) is 5.06. The number of anilines is 5. The summed E-state index contributed by atoms with van der Waals surface area (Å²) in [6, 6.07) is 26.4. The van der Waals surface area contributed by atoms with E-state index in [9.17, 15) is 0 Å². The Kier molecular flexibility index (Phi) is 11.3. The van der Waals surface area contributed by atoms with Gasteiger partial charge >= 0.3 is 0 Å². The van der Waals surface area contributed by atoms with Gasteiger partial charge in [-0.05, 0) is 63.0 Å². The molecule has 0 saturated carbocycles. The van der Waals surface area contributed by atoms with Gasteiger partial charge in [0.2, 0.25) is 0 Å². The molecular formula is C38H41N11O. The highest BCUT2D eigenvalue weighted by molar-refractivity contribution is 5.69. The van der Waals surface area contributed by atoms with Crippen molar-refractivity contribution in [3.05, 3.63) is 125 Å². The summed E-state index contributed by atoms with van der Waals surface area (Å²) in [5.41, 5.74) is 5.45. The van der Waals surface area contributed by atoms with Gasteiger partial charge in [-0.2, -0.15) is 10.2 Å². The molecule has 0 bridgehead atoms. The van der Waals surface area contributed by atoms with Gasteiger partial charge in [0, 0.05) is 55.0 Å². The van der Waals surface area contributed by atoms with Crippen LogP contribution in [0.2, 0.25) is 0 Å². The molecule has 7 rings (SSSR count). The molecule has 12 heteroatoms. The number of H-pyrrole nitrogens is 2. The largest absolute Gasteiger partial charge is 0.381 e. The summed E-state index contributed by atoms with van der Waals surface area (Å²) in [7, 11) is 0. The van der Waals surface area contributed by atoms with E-state index in [0.717, 1.165) is 66.0 Å². The lowest BCUT2D eigenvalue weighted by Crippen LogP contribution is -2.28. The normalized spacial score (nSPS) is 13.3. The van der Waals surface area contributed by atoms with Crippen LogP contribution in [0, 0.1) is 20.8 Å². The zero-order chi connectivity index (χ0) is 34.5. The van der Waals surface area contributed by atoms with Crippen molar-refractivity contribution in [3.63, 3.8) is 0 Å². The predicted molar refractivity (Wildman–Crippen MR) is 200 cm³/mol. The second kappa shape index (κ2) is 16.8. The van der Waals surface area contributed by atoms with Crippen LogP contribution in [0.5, 0.6) is 0 Å². The van der Waals surface area contributed by atoms with Crippen molar-refractivity contribution in [2.75, 3.05) is 29.2 Å². The lowest BCUT2D eigenvalue weighted by Gasteiger charge is -2.23. The molecule has 0 spiro atoms. The van der Waals surface area contributed by atoms with Crippen LogP contribution < -0.4 is 16.0 Å². The number of nitrogens with zero attached hydrogens (tertiary/aromatic N) is 6. The Hall–Kier alpha value is -6.14. The Morgan fingerprint density at radius 2 is 1.22 bits per heavy atom. The van der Waals surface area contributed by atoms with E-state index in [1.807, 2.05) is 92.7 Å². The van der Waals surface area contributed by atoms with Crippen LogP contribution in [0.1, 0.15) is 52.6 Å². The fraction of sp³-hybridized carbons (Fsp3) is 0.211. The second-order valence-electron chi connectivity index (χ2n) is 11.9. The van der Waals surface area contributed by atoms with E-state index in [2.05, 4.69) is 87.5 Å². The van der Waals surface area contributed by atoms with E-state index < -0.39 is 0 Å². The van der Waals surface area contributed by atoms with Crippen LogP contribution in [-0.4, -0.2) is 59.6 Å². The van der Waals surface area contributed by atoms with E-state index in [1.165, 1.54) is 5.56 Å². The molecule has 0 aliphatic carbocycles. The number of rotatable bonds is 10. The van der Waals surface area contributed by atoms with Gasteiger partial charge < -0.3 is 20.7 Å². The van der Waals surface area contributed by atoms with Crippen molar-refractivity contribution in [2.45, 2.75) is 39.7 Å². The SMILES string of the molecule is Cc1cc(Nc2ccnc(/C=C/c3ccccc3)n2)n[nH]1.Cc1ccc(/C=C/c2nc(Nc3cc(C)[nH]n3)cc(NC3CCOCC3)n2)cc1. The van der Waals surface area contributed by atoms with Gasteiger partial charge in [-0.15, -0.1) is 0 Å². The first-order valence-electron chi connectivity index (χ1n) is 16.6. The third kappa shape index (κ3) is 10.4. The Morgan fingerprint density at radius 3 is 1.88 bits per heavy atom. The van der Waals surface area contributed by atoms with Gasteiger partial charge in [0.15, 0.2) is 23.3 Å². The molecular weight excluding hydrogens is 626 g/mol. The fourth-order valence-corrected chi connectivity index (χ4v) is 5.06. The van der Waals surface area contributed by atoms with Gasteiger partial charge in [-0.1, -0.05) is 72.3 Å². The molecule has 254 valence electrons. The first-order valence-corrected chi connectivity index (χ1v) is 16.6. The van der Waals surface area contributed by atoms with E-state index in [0.29, 0.717) is 29.3 Å². The van der Waals surface area contributed by atoms with Crippen LogP contribution in [0.25, 0.3) is 24.3 Å². The zero-order valence-electron chi connectivity index (χ0n) is 28.4. The number of aromatic amines is 2. The highest BCUT2D eigenvalue weighted by Gasteiger charge is 2.15. The monoisotopic (exact) mass is 667 g/mol. The quantitative estimate of drug-likeness (QED) is 0.0980. The summed E-state index contributed by atoms with van der Waals surface area (Å²) >= 11 is 0. The first-order chi connectivity index (χ1) is 24.4. The zero-order valence-corrected chi connectivity index (χ0v) is 28.4. The van der Waals surface area contributed by atoms with Crippen LogP contribution >= 0.6 is 0 Å². The average Bonchev–Trinajstić information content (AvgIpc) is 3.74.